The zero-order valence-corrected chi connectivity index (χ0v) is 11.7. The van der Waals surface area contributed by atoms with Crippen LogP contribution in [0.1, 0.15) is 31.5 Å². The molecule has 1 aromatic rings. The zero-order chi connectivity index (χ0) is 13.2. The van der Waals surface area contributed by atoms with Crippen molar-refractivity contribution < 1.29 is 0 Å². The van der Waals surface area contributed by atoms with E-state index in [1.807, 2.05) is 12.3 Å². The fourth-order valence-corrected chi connectivity index (χ4v) is 3.64. The van der Waals surface area contributed by atoms with Crippen LogP contribution in [0.3, 0.4) is 0 Å². The molecule has 0 saturated carbocycles. The molecule has 4 nitrogen and oxygen atoms in total. The lowest BCUT2D eigenvalue weighted by molar-refractivity contribution is 0.0284. The largest absolute Gasteiger partial charge is 0.329 e. The zero-order valence-electron chi connectivity index (χ0n) is 11.7. The number of hydrogen-bond acceptors (Lipinski definition) is 4. The van der Waals surface area contributed by atoms with Crippen LogP contribution in [0.4, 0.5) is 0 Å². The Morgan fingerprint density at radius 2 is 2.32 bits per heavy atom. The van der Waals surface area contributed by atoms with Crippen molar-refractivity contribution in [1.82, 2.24) is 14.8 Å². The van der Waals surface area contributed by atoms with Gasteiger partial charge in [-0.25, -0.2) is 0 Å². The summed E-state index contributed by atoms with van der Waals surface area (Å²) >= 11 is 0. The molecular formula is C15H24N4. The molecule has 2 fully saturated rings. The van der Waals surface area contributed by atoms with Crippen molar-refractivity contribution in [2.75, 3.05) is 26.2 Å². The first-order valence-corrected chi connectivity index (χ1v) is 7.40. The average Bonchev–Trinajstić information content (AvgIpc) is 2.88. The lowest BCUT2D eigenvalue weighted by Crippen LogP contribution is -2.56. The minimum atomic E-state index is 0.263. The van der Waals surface area contributed by atoms with Crippen LogP contribution < -0.4 is 5.73 Å². The van der Waals surface area contributed by atoms with Gasteiger partial charge in [0.1, 0.15) is 0 Å². The van der Waals surface area contributed by atoms with Crippen molar-refractivity contribution in [3.63, 3.8) is 0 Å². The van der Waals surface area contributed by atoms with E-state index in [1.165, 1.54) is 25.9 Å². The number of rotatable bonds is 3. The number of hydrogen-bond donors (Lipinski definition) is 1. The standard InChI is InChI=1S/C15H24N4/c1-12-10-18-8-4-5-13(18)11-19(12)15(9-16)14-6-2-3-7-17-14/h2-3,6-7,12-13,15H,4-5,8-11,16H2,1H3. The second-order valence-electron chi connectivity index (χ2n) is 5.84. The highest BCUT2D eigenvalue weighted by molar-refractivity contribution is 5.11. The van der Waals surface area contributed by atoms with Gasteiger partial charge in [-0.2, -0.15) is 0 Å². The van der Waals surface area contributed by atoms with Gasteiger partial charge in [-0.05, 0) is 38.4 Å². The van der Waals surface area contributed by atoms with Gasteiger partial charge in [-0.15, -0.1) is 0 Å². The van der Waals surface area contributed by atoms with Gasteiger partial charge in [0.05, 0.1) is 11.7 Å². The van der Waals surface area contributed by atoms with E-state index in [2.05, 4.69) is 33.8 Å². The van der Waals surface area contributed by atoms with Gasteiger partial charge in [0.2, 0.25) is 0 Å². The molecule has 0 amide bonds. The van der Waals surface area contributed by atoms with Crippen LogP contribution in [0.2, 0.25) is 0 Å². The van der Waals surface area contributed by atoms with E-state index < -0.39 is 0 Å². The molecule has 0 aliphatic carbocycles. The number of aromatic nitrogens is 1. The maximum Gasteiger partial charge on any atom is 0.0647 e. The molecule has 2 saturated heterocycles. The van der Waals surface area contributed by atoms with Gasteiger partial charge in [-0.3, -0.25) is 14.8 Å². The van der Waals surface area contributed by atoms with Crippen LogP contribution in [-0.4, -0.2) is 53.0 Å². The topological polar surface area (TPSA) is 45.4 Å². The van der Waals surface area contributed by atoms with Crippen molar-refractivity contribution >= 4 is 0 Å². The molecule has 0 bridgehead atoms. The Kier molecular flexibility index (Phi) is 3.82. The monoisotopic (exact) mass is 260 g/mol. The molecule has 0 radical (unpaired) electrons. The number of nitrogens with zero attached hydrogens (tertiary/aromatic N) is 3. The van der Waals surface area contributed by atoms with Crippen molar-refractivity contribution in [1.29, 1.82) is 0 Å². The minimum Gasteiger partial charge on any atom is -0.329 e. The molecule has 2 aliphatic heterocycles. The quantitative estimate of drug-likeness (QED) is 0.888. The molecule has 3 heterocycles. The van der Waals surface area contributed by atoms with Crippen molar-refractivity contribution in [3.8, 4) is 0 Å². The summed E-state index contributed by atoms with van der Waals surface area (Å²) in [4.78, 5) is 9.72. The summed E-state index contributed by atoms with van der Waals surface area (Å²) in [7, 11) is 0. The maximum absolute atomic E-state index is 6.04. The van der Waals surface area contributed by atoms with Crippen LogP contribution in [0, 0.1) is 0 Å². The third kappa shape index (κ3) is 2.53. The van der Waals surface area contributed by atoms with Crippen molar-refractivity contribution in [2.24, 2.45) is 5.73 Å². The highest BCUT2D eigenvalue weighted by Crippen LogP contribution is 2.30. The Labute approximate surface area is 115 Å². The highest BCUT2D eigenvalue weighted by atomic mass is 15.3. The summed E-state index contributed by atoms with van der Waals surface area (Å²) in [5.74, 6) is 0. The molecule has 4 heteroatoms. The maximum atomic E-state index is 6.04. The van der Waals surface area contributed by atoms with Crippen molar-refractivity contribution in [3.05, 3.63) is 30.1 Å². The molecule has 2 aliphatic rings. The van der Waals surface area contributed by atoms with Gasteiger partial charge < -0.3 is 5.73 Å². The van der Waals surface area contributed by atoms with Gasteiger partial charge in [-0.1, -0.05) is 6.07 Å². The third-order valence-corrected chi connectivity index (χ3v) is 4.64. The smallest absolute Gasteiger partial charge is 0.0647 e. The predicted octanol–water partition coefficient (Wildman–Crippen LogP) is 1.25. The summed E-state index contributed by atoms with van der Waals surface area (Å²) in [5, 5.41) is 0. The van der Waals surface area contributed by atoms with E-state index in [9.17, 15) is 0 Å². The van der Waals surface area contributed by atoms with Gasteiger partial charge in [0.25, 0.3) is 0 Å². The van der Waals surface area contributed by atoms with Gasteiger partial charge in [0.15, 0.2) is 0 Å². The molecule has 3 unspecified atom stereocenters. The van der Waals surface area contributed by atoms with Crippen LogP contribution in [0.5, 0.6) is 0 Å². The molecule has 3 atom stereocenters. The first-order valence-electron chi connectivity index (χ1n) is 7.40. The van der Waals surface area contributed by atoms with E-state index in [-0.39, 0.29) is 6.04 Å². The van der Waals surface area contributed by atoms with E-state index in [0.717, 1.165) is 18.3 Å². The second kappa shape index (κ2) is 5.57. The van der Waals surface area contributed by atoms with E-state index in [4.69, 9.17) is 5.73 Å². The average molecular weight is 260 g/mol. The summed E-state index contributed by atoms with van der Waals surface area (Å²) in [6.07, 6.45) is 4.55. The molecule has 3 rings (SSSR count). The molecule has 19 heavy (non-hydrogen) atoms. The minimum absolute atomic E-state index is 0.263. The van der Waals surface area contributed by atoms with Crippen LogP contribution in [0.25, 0.3) is 0 Å². The fourth-order valence-electron chi connectivity index (χ4n) is 3.64. The highest BCUT2D eigenvalue weighted by Gasteiger charge is 2.37. The van der Waals surface area contributed by atoms with E-state index in [1.54, 1.807) is 0 Å². The van der Waals surface area contributed by atoms with E-state index >= 15 is 0 Å². The summed E-state index contributed by atoms with van der Waals surface area (Å²) in [6, 6.07) is 7.68. The lowest BCUT2D eigenvalue weighted by atomic mass is 10.0. The van der Waals surface area contributed by atoms with Crippen LogP contribution >= 0.6 is 0 Å². The molecule has 0 aromatic carbocycles. The Morgan fingerprint density at radius 3 is 3.05 bits per heavy atom. The first kappa shape index (κ1) is 13.0. The number of fused-ring (bicyclic) bond motifs is 1. The lowest BCUT2D eigenvalue weighted by Gasteiger charge is -2.45. The Morgan fingerprint density at radius 1 is 1.42 bits per heavy atom. The molecule has 1 aromatic heterocycles. The van der Waals surface area contributed by atoms with Crippen LogP contribution in [0.15, 0.2) is 24.4 Å². The number of pyridine rings is 1. The molecule has 2 N–H and O–H groups in total. The second-order valence-corrected chi connectivity index (χ2v) is 5.84. The van der Waals surface area contributed by atoms with Gasteiger partial charge >= 0.3 is 0 Å². The molecular weight excluding hydrogens is 236 g/mol. The summed E-state index contributed by atoms with van der Waals surface area (Å²) in [5.41, 5.74) is 7.15. The van der Waals surface area contributed by atoms with E-state index in [0.29, 0.717) is 12.6 Å². The number of piperazine rings is 1. The van der Waals surface area contributed by atoms with Gasteiger partial charge in [0, 0.05) is 37.9 Å². The Balaban J connectivity index is 1.79. The normalized spacial score (nSPS) is 30.2. The summed E-state index contributed by atoms with van der Waals surface area (Å²) in [6.45, 7) is 6.56. The number of nitrogens with two attached hydrogens (primary N) is 1. The Bertz CT molecular complexity index is 408. The Hall–Kier alpha value is -0.970. The molecule has 0 spiro atoms. The molecule has 104 valence electrons. The summed E-state index contributed by atoms with van der Waals surface area (Å²) < 4.78 is 0. The third-order valence-electron chi connectivity index (χ3n) is 4.64. The predicted molar refractivity (Wildman–Crippen MR) is 76.8 cm³/mol. The van der Waals surface area contributed by atoms with Crippen molar-refractivity contribution in [2.45, 2.75) is 37.9 Å². The first-order chi connectivity index (χ1) is 9.29. The van der Waals surface area contributed by atoms with Crippen LogP contribution in [-0.2, 0) is 0 Å². The SMILES string of the molecule is CC1CN2CCCC2CN1C(CN)c1ccccn1. The fraction of sp³-hybridized carbons (Fsp3) is 0.667.